The van der Waals surface area contributed by atoms with E-state index in [0.29, 0.717) is 22.7 Å². The molecule has 1 heterocycles. The molecule has 1 aromatic rings. The van der Waals surface area contributed by atoms with Gasteiger partial charge in [0.05, 0.1) is 0 Å². The van der Waals surface area contributed by atoms with E-state index in [2.05, 4.69) is 27.3 Å². The molecule has 8 heteroatoms. The van der Waals surface area contributed by atoms with E-state index in [1.54, 1.807) is 24.6 Å². The lowest BCUT2D eigenvalue weighted by Crippen LogP contribution is -2.45. The van der Waals surface area contributed by atoms with Crippen molar-refractivity contribution in [3.05, 3.63) is 17.5 Å². The van der Waals surface area contributed by atoms with Crippen molar-refractivity contribution in [2.45, 2.75) is 43.2 Å². The van der Waals surface area contributed by atoms with Gasteiger partial charge in [-0.2, -0.15) is 0 Å². The Morgan fingerprint density at radius 3 is 2.62 bits per heavy atom. The Labute approximate surface area is 149 Å². The summed E-state index contributed by atoms with van der Waals surface area (Å²) in [5.74, 6) is 0.727. The van der Waals surface area contributed by atoms with Crippen molar-refractivity contribution in [3.8, 4) is 0 Å². The van der Waals surface area contributed by atoms with Crippen molar-refractivity contribution in [2.24, 2.45) is 10.4 Å². The standard InChI is InChI=1S/C16H28N4O2S2/c1-3-16(8-4-5-9-16)13-19-15(17-2)18-10-11-20-24(21,22)14-7-6-12-23-14/h6-7,12,20H,3-5,8-11,13H2,1-2H3,(H2,17,18,19). The van der Waals surface area contributed by atoms with E-state index in [1.807, 2.05) is 0 Å². The van der Waals surface area contributed by atoms with Crippen molar-refractivity contribution in [1.82, 2.24) is 15.4 Å². The largest absolute Gasteiger partial charge is 0.356 e. The van der Waals surface area contributed by atoms with Crippen LogP contribution in [0.1, 0.15) is 39.0 Å². The van der Waals surface area contributed by atoms with Gasteiger partial charge < -0.3 is 10.6 Å². The highest BCUT2D eigenvalue weighted by Crippen LogP contribution is 2.40. The van der Waals surface area contributed by atoms with E-state index < -0.39 is 10.0 Å². The average Bonchev–Trinajstić information content (AvgIpc) is 3.26. The first-order valence-corrected chi connectivity index (χ1v) is 10.9. The fraction of sp³-hybridized carbons (Fsp3) is 0.688. The van der Waals surface area contributed by atoms with Gasteiger partial charge in [-0.15, -0.1) is 11.3 Å². The first-order chi connectivity index (χ1) is 11.5. The second-order valence-electron chi connectivity index (χ2n) is 6.24. The number of aliphatic imine (C=N–C) groups is 1. The zero-order valence-electron chi connectivity index (χ0n) is 14.5. The first-order valence-electron chi connectivity index (χ1n) is 8.49. The van der Waals surface area contributed by atoms with Crippen molar-refractivity contribution in [2.75, 3.05) is 26.7 Å². The maximum Gasteiger partial charge on any atom is 0.250 e. The van der Waals surface area contributed by atoms with Gasteiger partial charge in [0.1, 0.15) is 4.21 Å². The molecular weight excluding hydrogens is 344 g/mol. The number of hydrogen-bond donors (Lipinski definition) is 3. The molecule has 1 aromatic heterocycles. The zero-order valence-corrected chi connectivity index (χ0v) is 16.1. The zero-order chi connectivity index (χ0) is 17.5. The summed E-state index contributed by atoms with van der Waals surface area (Å²) in [5, 5.41) is 8.32. The second-order valence-corrected chi connectivity index (χ2v) is 9.18. The van der Waals surface area contributed by atoms with E-state index in [1.165, 1.54) is 43.4 Å². The fourth-order valence-corrected chi connectivity index (χ4v) is 5.20. The summed E-state index contributed by atoms with van der Waals surface area (Å²) >= 11 is 1.22. The maximum absolute atomic E-state index is 12.0. The summed E-state index contributed by atoms with van der Waals surface area (Å²) in [7, 11) is -1.66. The number of nitrogens with one attached hydrogen (secondary N) is 3. The van der Waals surface area contributed by atoms with E-state index in [-0.39, 0.29) is 0 Å². The number of thiophene rings is 1. The highest BCUT2D eigenvalue weighted by molar-refractivity contribution is 7.91. The van der Waals surface area contributed by atoms with Crippen molar-refractivity contribution in [1.29, 1.82) is 0 Å². The molecule has 3 N–H and O–H groups in total. The third-order valence-electron chi connectivity index (χ3n) is 4.74. The molecule has 0 spiro atoms. The normalized spacial score (nSPS) is 17.8. The summed E-state index contributed by atoms with van der Waals surface area (Å²) in [4.78, 5) is 4.22. The quantitative estimate of drug-likeness (QED) is 0.371. The first kappa shape index (κ1) is 19.2. The minimum Gasteiger partial charge on any atom is -0.356 e. The number of sulfonamides is 1. The Kier molecular flexibility index (Phi) is 7.06. The molecule has 0 aromatic carbocycles. The molecular formula is C16H28N4O2S2. The van der Waals surface area contributed by atoms with Crippen LogP contribution < -0.4 is 15.4 Å². The molecule has 0 saturated heterocycles. The van der Waals surface area contributed by atoms with Crippen molar-refractivity contribution in [3.63, 3.8) is 0 Å². The minimum absolute atomic E-state index is 0.319. The maximum atomic E-state index is 12.0. The molecule has 0 amide bonds. The highest BCUT2D eigenvalue weighted by atomic mass is 32.2. The summed E-state index contributed by atoms with van der Waals surface area (Å²) in [6.45, 7) is 3.98. The van der Waals surface area contributed by atoms with E-state index in [9.17, 15) is 8.42 Å². The van der Waals surface area contributed by atoms with Crippen LogP contribution in [0.4, 0.5) is 0 Å². The molecule has 1 saturated carbocycles. The molecule has 0 unspecified atom stereocenters. The summed E-state index contributed by atoms with van der Waals surface area (Å²) < 4.78 is 27.0. The van der Waals surface area contributed by atoms with E-state index in [4.69, 9.17) is 0 Å². The fourth-order valence-electron chi connectivity index (χ4n) is 3.13. The Morgan fingerprint density at radius 1 is 1.29 bits per heavy atom. The Balaban J connectivity index is 1.72. The molecule has 6 nitrogen and oxygen atoms in total. The number of rotatable bonds is 8. The number of hydrogen-bond acceptors (Lipinski definition) is 4. The van der Waals surface area contributed by atoms with E-state index in [0.717, 1.165) is 12.5 Å². The van der Waals surface area contributed by atoms with Crippen LogP contribution in [0.15, 0.2) is 26.7 Å². The number of nitrogens with zero attached hydrogens (tertiary/aromatic N) is 1. The summed E-state index contributed by atoms with van der Waals surface area (Å²) in [5.41, 5.74) is 0.387. The summed E-state index contributed by atoms with van der Waals surface area (Å²) in [6, 6.07) is 3.34. The lowest BCUT2D eigenvalue weighted by atomic mass is 9.83. The molecule has 0 radical (unpaired) electrons. The van der Waals surface area contributed by atoms with Crippen LogP contribution in [0.2, 0.25) is 0 Å². The Hall–Kier alpha value is -1.12. The van der Waals surface area contributed by atoms with Crippen LogP contribution in [-0.2, 0) is 10.0 Å². The van der Waals surface area contributed by atoms with Gasteiger partial charge in [0, 0.05) is 26.7 Å². The van der Waals surface area contributed by atoms with Gasteiger partial charge in [-0.3, -0.25) is 4.99 Å². The second kappa shape index (κ2) is 8.82. The molecule has 0 atom stereocenters. The predicted molar refractivity (Wildman–Crippen MR) is 100 cm³/mol. The lowest BCUT2D eigenvalue weighted by Gasteiger charge is -2.28. The van der Waals surface area contributed by atoms with Crippen LogP contribution in [-0.4, -0.2) is 41.1 Å². The van der Waals surface area contributed by atoms with Gasteiger partial charge in [-0.25, -0.2) is 13.1 Å². The molecule has 0 bridgehead atoms. The van der Waals surface area contributed by atoms with Gasteiger partial charge in [0.2, 0.25) is 10.0 Å². The van der Waals surface area contributed by atoms with Crippen LogP contribution in [0.3, 0.4) is 0 Å². The molecule has 1 aliphatic carbocycles. The smallest absolute Gasteiger partial charge is 0.250 e. The molecule has 1 aliphatic rings. The third-order valence-corrected chi connectivity index (χ3v) is 7.60. The van der Waals surface area contributed by atoms with Crippen LogP contribution >= 0.6 is 11.3 Å². The SMILES string of the molecule is CCC1(CNC(=NC)NCCNS(=O)(=O)c2cccs2)CCCC1. The van der Waals surface area contributed by atoms with Crippen LogP contribution in [0, 0.1) is 5.41 Å². The molecule has 1 fully saturated rings. The lowest BCUT2D eigenvalue weighted by molar-refractivity contribution is 0.283. The van der Waals surface area contributed by atoms with Crippen molar-refractivity contribution >= 4 is 27.3 Å². The van der Waals surface area contributed by atoms with Crippen molar-refractivity contribution < 1.29 is 8.42 Å². The third kappa shape index (κ3) is 5.19. The van der Waals surface area contributed by atoms with Crippen LogP contribution in [0.25, 0.3) is 0 Å². The van der Waals surface area contributed by atoms with Gasteiger partial charge in [-0.1, -0.05) is 25.8 Å². The van der Waals surface area contributed by atoms with Crippen LogP contribution in [0.5, 0.6) is 0 Å². The molecule has 136 valence electrons. The van der Waals surface area contributed by atoms with Gasteiger partial charge in [0.15, 0.2) is 5.96 Å². The molecule has 0 aliphatic heterocycles. The minimum atomic E-state index is -3.39. The average molecular weight is 373 g/mol. The van der Waals surface area contributed by atoms with Gasteiger partial charge in [-0.05, 0) is 36.1 Å². The Morgan fingerprint density at radius 2 is 2.04 bits per heavy atom. The van der Waals surface area contributed by atoms with E-state index >= 15 is 0 Å². The molecule has 24 heavy (non-hydrogen) atoms. The Bertz CT molecular complexity index is 621. The highest BCUT2D eigenvalue weighted by Gasteiger charge is 2.31. The number of guanidine groups is 1. The predicted octanol–water partition coefficient (Wildman–Crippen LogP) is 2.16. The van der Waals surface area contributed by atoms with Gasteiger partial charge in [0.25, 0.3) is 0 Å². The topological polar surface area (TPSA) is 82.6 Å². The van der Waals surface area contributed by atoms with Gasteiger partial charge >= 0.3 is 0 Å². The molecule has 2 rings (SSSR count). The monoisotopic (exact) mass is 372 g/mol. The summed E-state index contributed by atoms with van der Waals surface area (Å²) in [6.07, 6.45) is 6.35.